The van der Waals surface area contributed by atoms with Crippen LogP contribution in [0.2, 0.25) is 0 Å². The van der Waals surface area contributed by atoms with Crippen molar-refractivity contribution >= 4 is 21.4 Å². The maximum Gasteiger partial charge on any atom is 0.341 e. The summed E-state index contributed by atoms with van der Waals surface area (Å²) in [5, 5.41) is 5.10. The molecule has 0 bridgehead atoms. The number of anilines is 1. The summed E-state index contributed by atoms with van der Waals surface area (Å²) in [7, 11) is -3.00. The Kier molecular flexibility index (Phi) is 4.74. The molecule has 0 fully saturated rings. The van der Waals surface area contributed by atoms with Crippen LogP contribution in [0.15, 0.2) is 29.2 Å². The lowest BCUT2D eigenvalue weighted by atomic mass is 10.3. The van der Waals surface area contributed by atoms with E-state index in [4.69, 9.17) is 0 Å². The van der Waals surface area contributed by atoms with Gasteiger partial charge in [0.15, 0.2) is 0 Å². The number of rotatable bonds is 5. The average Bonchev–Trinajstić information content (AvgIpc) is 2.29. The van der Waals surface area contributed by atoms with Gasteiger partial charge in [0.1, 0.15) is 0 Å². The number of likely N-dealkylation sites (N-methyl/N-ethyl adjacent to an activating group) is 1. The molecule has 0 aromatic heterocycles. The molecule has 18 heavy (non-hydrogen) atoms. The number of carbonyl (C=O) groups is 1. The van der Waals surface area contributed by atoms with E-state index < -0.39 is 20.5 Å². The van der Waals surface area contributed by atoms with Crippen LogP contribution in [0.5, 0.6) is 0 Å². The highest BCUT2D eigenvalue weighted by Gasteiger charge is 2.26. The fourth-order valence-corrected chi connectivity index (χ4v) is 1.92. The smallest absolute Gasteiger partial charge is 0.325 e. The number of hydrogen-bond acceptors (Lipinski definition) is 4. The average molecular weight is 278 g/mol. The van der Waals surface area contributed by atoms with E-state index in [0.717, 1.165) is 12.1 Å². The molecule has 1 aromatic rings. The van der Waals surface area contributed by atoms with Crippen molar-refractivity contribution in [1.29, 1.82) is 0 Å². The van der Waals surface area contributed by atoms with Crippen molar-refractivity contribution in [3.8, 4) is 0 Å². The van der Waals surface area contributed by atoms with E-state index >= 15 is 0 Å². The largest absolute Gasteiger partial charge is 0.341 e. The number of carbonyl (C=O) groups excluding carboxylic acids is 1. The van der Waals surface area contributed by atoms with Gasteiger partial charge in [-0.1, -0.05) is 0 Å². The molecule has 0 saturated carbocycles. The molecule has 0 unspecified atom stereocenters. The van der Waals surface area contributed by atoms with Gasteiger partial charge in [-0.15, -0.1) is 0 Å². The van der Waals surface area contributed by atoms with Crippen LogP contribution in [0.25, 0.3) is 0 Å². The molecule has 1 aromatic carbocycles. The fourth-order valence-electron chi connectivity index (χ4n) is 1.20. The number of nitrogens with one attached hydrogen (secondary N) is 2. The van der Waals surface area contributed by atoms with E-state index in [1.165, 1.54) is 12.1 Å². The number of sulfone groups is 1. The van der Waals surface area contributed by atoms with Crippen molar-refractivity contribution in [3.05, 3.63) is 24.3 Å². The van der Waals surface area contributed by atoms with Crippen LogP contribution in [0, 0.1) is 0 Å². The van der Waals surface area contributed by atoms with Gasteiger partial charge in [0, 0.05) is 5.69 Å². The molecule has 8 heteroatoms. The number of benzene rings is 1. The first kappa shape index (κ1) is 14.5. The molecule has 0 spiro atoms. The quantitative estimate of drug-likeness (QED) is 0.837. The molecule has 0 heterocycles. The monoisotopic (exact) mass is 278 g/mol. The zero-order valence-electron chi connectivity index (χ0n) is 9.48. The Balaban J connectivity index is 2.84. The summed E-state index contributed by atoms with van der Waals surface area (Å²) in [6.45, 7) is 0.0943. The molecule has 0 saturated heterocycles. The topological polar surface area (TPSA) is 75.3 Å². The van der Waals surface area contributed by atoms with Gasteiger partial charge < -0.3 is 10.6 Å². The molecule has 0 aliphatic heterocycles. The van der Waals surface area contributed by atoms with Gasteiger partial charge in [-0.2, -0.15) is 8.78 Å². The molecular weight excluding hydrogens is 266 g/mol. The first-order valence-electron chi connectivity index (χ1n) is 4.94. The lowest BCUT2D eigenvalue weighted by Gasteiger charge is -2.06. The molecule has 0 aliphatic carbocycles. The Morgan fingerprint density at radius 3 is 2.28 bits per heavy atom. The van der Waals surface area contributed by atoms with E-state index in [-0.39, 0.29) is 12.5 Å². The lowest BCUT2D eigenvalue weighted by molar-refractivity contribution is -0.115. The molecule has 1 amide bonds. The zero-order valence-corrected chi connectivity index (χ0v) is 10.3. The van der Waals surface area contributed by atoms with Crippen molar-refractivity contribution in [2.75, 3.05) is 18.9 Å². The maximum atomic E-state index is 12.2. The van der Waals surface area contributed by atoms with Crippen LogP contribution in [0.1, 0.15) is 0 Å². The fraction of sp³-hybridized carbons (Fsp3) is 0.300. The number of hydrogen-bond donors (Lipinski definition) is 2. The molecule has 5 nitrogen and oxygen atoms in total. The van der Waals surface area contributed by atoms with E-state index in [2.05, 4.69) is 10.6 Å². The molecule has 0 aliphatic rings. The Morgan fingerprint density at radius 2 is 1.83 bits per heavy atom. The second-order valence-corrected chi connectivity index (χ2v) is 5.33. The van der Waals surface area contributed by atoms with Crippen LogP contribution in [0.3, 0.4) is 0 Å². The minimum atomic E-state index is -4.59. The van der Waals surface area contributed by atoms with Gasteiger partial charge >= 0.3 is 5.76 Å². The predicted octanol–water partition coefficient (Wildman–Crippen LogP) is 0.841. The van der Waals surface area contributed by atoms with Crippen molar-refractivity contribution in [2.45, 2.75) is 10.7 Å². The first-order valence-corrected chi connectivity index (χ1v) is 6.49. The molecule has 2 N–H and O–H groups in total. The highest BCUT2D eigenvalue weighted by Crippen LogP contribution is 2.20. The standard InChI is InChI=1S/C10H12F2N2O3S/c1-13-6-9(15)14-7-2-4-8(5-3-7)18(16,17)10(11)12/h2-5,10,13H,6H2,1H3,(H,14,15). The summed E-state index contributed by atoms with van der Waals surface area (Å²) in [6, 6.07) is 4.55. The van der Waals surface area contributed by atoms with Crippen LogP contribution in [-0.2, 0) is 14.6 Å². The van der Waals surface area contributed by atoms with Gasteiger partial charge in [-0.3, -0.25) is 4.79 Å². The first-order chi connectivity index (χ1) is 8.37. The van der Waals surface area contributed by atoms with Crippen molar-refractivity contribution in [1.82, 2.24) is 5.32 Å². The van der Waals surface area contributed by atoms with Gasteiger partial charge in [0.25, 0.3) is 0 Å². The Hall–Kier alpha value is -1.54. The minimum Gasteiger partial charge on any atom is -0.325 e. The van der Waals surface area contributed by atoms with Gasteiger partial charge in [0.05, 0.1) is 11.4 Å². The van der Waals surface area contributed by atoms with Gasteiger partial charge in [0.2, 0.25) is 15.7 Å². The predicted molar refractivity (Wildman–Crippen MR) is 62.2 cm³/mol. The second kappa shape index (κ2) is 5.87. The van der Waals surface area contributed by atoms with E-state index in [9.17, 15) is 22.0 Å². The van der Waals surface area contributed by atoms with E-state index in [1.807, 2.05) is 0 Å². The van der Waals surface area contributed by atoms with E-state index in [0.29, 0.717) is 5.69 Å². The Labute approximate surface area is 103 Å². The normalized spacial score (nSPS) is 11.6. The third-order valence-electron chi connectivity index (χ3n) is 2.04. The number of alkyl halides is 2. The second-order valence-electron chi connectivity index (χ2n) is 3.41. The molecular formula is C10H12F2N2O3S. The summed E-state index contributed by atoms with van der Waals surface area (Å²) in [6.07, 6.45) is 0. The van der Waals surface area contributed by atoms with Crippen molar-refractivity contribution in [2.24, 2.45) is 0 Å². The number of amides is 1. The Bertz CT molecular complexity index is 514. The third kappa shape index (κ3) is 3.47. The van der Waals surface area contributed by atoms with Gasteiger partial charge in [-0.05, 0) is 31.3 Å². The van der Waals surface area contributed by atoms with Crippen LogP contribution >= 0.6 is 0 Å². The number of halogens is 2. The van der Waals surface area contributed by atoms with E-state index in [1.54, 1.807) is 7.05 Å². The SMILES string of the molecule is CNCC(=O)Nc1ccc(S(=O)(=O)C(F)F)cc1. The summed E-state index contributed by atoms with van der Waals surface area (Å²) in [5.41, 5.74) is 0.337. The third-order valence-corrected chi connectivity index (χ3v) is 3.44. The minimum absolute atomic E-state index is 0.0943. The summed E-state index contributed by atoms with van der Waals surface area (Å²) < 4.78 is 46.7. The van der Waals surface area contributed by atoms with Crippen LogP contribution in [-0.4, -0.2) is 33.7 Å². The van der Waals surface area contributed by atoms with Crippen molar-refractivity contribution < 1.29 is 22.0 Å². The summed E-state index contributed by atoms with van der Waals surface area (Å²) in [5.74, 6) is -3.77. The van der Waals surface area contributed by atoms with Gasteiger partial charge in [-0.25, -0.2) is 8.42 Å². The highest BCUT2D eigenvalue weighted by atomic mass is 32.2. The molecule has 0 atom stereocenters. The van der Waals surface area contributed by atoms with Crippen LogP contribution in [0.4, 0.5) is 14.5 Å². The zero-order chi connectivity index (χ0) is 13.8. The van der Waals surface area contributed by atoms with Crippen molar-refractivity contribution in [3.63, 3.8) is 0 Å². The highest BCUT2D eigenvalue weighted by molar-refractivity contribution is 7.91. The lowest BCUT2D eigenvalue weighted by Crippen LogP contribution is -2.25. The van der Waals surface area contributed by atoms with Crippen LogP contribution < -0.4 is 10.6 Å². The molecule has 1 rings (SSSR count). The maximum absolute atomic E-state index is 12.2. The molecule has 100 valence electrons. The summed E-state index contributed by atoms with van der Waals surface area (Å²) >= 11 is 0. The Morgan fingerprint density at radius 1 is 1.28 bits per heavy atom. The summed E-state index contributed by atoms with van der Waals surface area (Å²) in [4.78, 5) is 10.7. The molecule has 0 radical (unpaired) electrons.